The number of aliphatic hydroxyl groups is 2. The molecule has 0 aliphatic carbocycles. The molecule has 0 aromatic rings. The van der Waals surface area contributed by atoms with Crippen LogP contribution in [0.4, 0.5) is 0 Å². The van der Waals surface area contributed by atoms with E-state index < -0.39 is 12.1 Å². The number of esters is 1. The molecular weight excluding hydrogens is 851 g/mol. The molecule has 6 nitrogen and oxygen atoms in total. The lowest BCUT2D eigenvalue weighted by Crippen LogP contribution is -2.45. The first-order chi connectivity index (χ1) is 34.0. The van der Waals surface area contributed by atoms with Crippen LogP contribution < -0.4 is 5.32 Å². The number of carbonyl (C=O) groups is 2. The number of allylic oxidation sites excluding steroid dienone is 3. The molecule has 0 aromatic carbocycles. The maximum Gasteiger partial charge on any atom is 0.305 e. The van der Waals surface area contributed by atoms with Gasteiger partial charge in [-0.1, -0.05) is 295 Å². The predicted octanol–water partition coefficient (Wildman–Crippen LogP) is 19.4. The van der Waals surface area contributed by atoms with E-state index in [0.29, 0.717) is 19.4 Å². The first-order valence-electron chi connectivity index (χ1n) is 31.1. The molecule has 3 N–H and O–H groups in total. The highest BCUT2D eigenvalue weighted by Crippen LogP contribution is 2.17. The fraction of sp³-hybridized carbons (Fsp3) is 0.905. The highest BCUT2D eigenvalue weighted by molar-refractivity contribution is 5.76. The van der Waals surface area contributed by atoms with Crippen LogP contribution in [0, 0.1) is 0 Å². The van der Waals surface area contributed by atoms with Crippen molar-refractivity contribution in [3.63, 3.8) is 0 Å². The SMILES string of the molecule is CCCCCCCCCCC/C=C/C(O)C(CO)NC(=O)CCCCCCCCCCC/C=C\CCCCCCCCCCCCCCOC(=O)CCCCCCCCCCCCCCCCCC. The molecule has 0 bridgehead atoms. The van der Waals surface area contributed by atoms with E-state index in [1.807, 2.05) is 6.08 Å². The minimum Gasteiger partial charge on any atom is -0.466 e. The molecule has 2 unspecified atom stereocenters. The maximum atomic E-state index is 12.4. The monoisotopic (exact) mass is 972 g/mol. The Labute approximate surface area is 431 Å². The van der Waals surface area contributed by atoms with E-state index in [2.05, 4.69) is 31.3 Å². The standard InChI is InChI=1S/C63H121NO5/c1-3-5-7-9-11-13-15-16-17-30-33-37-41-45-49-53-57-63(68)69-58-54-50-46-42-38-34-31-28-26-24-22-20-18-19-21-23-25-27-29-32-36-40-44-48-52-56-62(67)64-60(59-65)61(66)55-51-47-43-39-35-14-12-10-8-6-4-2/h19,21,51,55,60-61,65-66H,3-18,20,22-50,52-54,56-59H2,1-2H3,(H,64,67)/b21-19-,55-51+. The summed E-state index contributed by atoms with van der Waals surface area (Å²) in [6.07, 6.45) is 72.3. The van der Waals surface area contributed by atoms with Crippen LogP contribution >= 0.6 is 0 Å². The summed E-state index contributed by atoms with van der Waals surface area (Å²) in [5.74, 6) is -0.0548. The Bertz CT molecular complexity index is 1080. The number of carbonyl (C=O) groups excluding carboxylic acids is 2. The van der Waals surface area contributed by atoms with Gasteiger partial charge in [0.15, 0.2) is 0 Å². The lowest BCUT2D eigenvalue weighted by molar-refractivity contribution is -0.143. The molecule has 0 heterocycles. The van der Waals surface area contributed by atoms with Crippen LogP contribution in [0.3, 0.4) is 0 Å². The van der Waals surface area contributed by atoms with Crippen molar-refractivity contribution in [3.8, 4) is 0 Å². The number of ether oxygens (including phenoxy) is 1. The number of rotatable bonds is 58. The number of aliphatic hydroxyl groups excluding tert-OH is 2. The molecule has 0 spiro atoms. The third-order valence-corrected chi connectivity index (χ3v) is 14.5. The van der Waals surface area contributed by atoms with Crippen LogP contribution in [0.15, 0.2) is 24.3 Å². The normalized spacial score (nSPS) is 12.7. The molecule has 0 radical (unpaired) electrons. The van der Waals surface area contributed by atoms with Crippen molar-refractivity contribution in [1.82, 2.24) is 5.32 Å². The molecule has 408 valence electrons. The summed E-state index contributed by atoms with van der Waals surface area (Å²) in [7, 11) is 0. The molecule has 0 aromatic heterocycles. The number of hydrogen-bond acceptors (Lipinski definition) is 5. The quantitative estimate of drug-likeness (QED) is 0.0321. The van der Waals surface area contributed by atoms with Crippen molar-refractivity contribution in [2.24, 2.45) is 0 Å². The van der Waals surface area contributed by atoms with Gasteiger partial charge in [-0.3, -0.25) is 9.59 Å². The lowest BCUT2D eigenvalue weighted by Gasteiger charge is -2.20. The minimum atomic E-state index is -0.844. The summed E-state index contributed by atoms with van der Waals surface area (Å²) in [6, 6.07) is -0.628. The molecule has 0 aliphatic rings. The second-order valence-corrected chi connectivity index (χ2v) is 21.4. The average Bonchev–Trinajstić information content (AvgIpc) is 3.35. The van der Waals surface area contributed by atoms with E-state index in [9.17, 15) is 19.8 Å². The second kappa shape index (κ2) is 58.9. The summed E-state index contributed by atoms with van der Waals surface area (Å²) in [6.45, 7) is 4.91. The Morgan fingerprint density at radius 2 is 0.681 bits per heavy atom. The van der Waals surface area contributed by atoms with Gasteiger partial charge in [-0.2, -0.15) is 0 Å². The fourth-order valence-electron chi connectivity index (χ4n) is 9.69. The van der Waals surface area contributed by atoms with Gasteiger partial charge in [-0.05, 0) is 57.8 Å². The Kier molecular flexibility index (Phi) is 57.5. The first-order valence-corrected chi connectivity index (χ1v) is 31.1. The molecule has 69 heavy (non-hydrogen) atoms. The van der Waals surface area contributed by atoms with E-state index in [1.165, 1.54) is 276 Å². The highest BCUT2D eigenvalue weighted by atomic mass is 16.5. The van der Waals surface area contributed by atoms with Crippen molar-refractivity contribution in [1.29, 1.82) is 0 Å². The summed E-state index contributed by atoms with van der Waals surface area (Å²) in [4.78, 5) is 24.5. The zero-order chi connectivity index (χ0) is 50.0. The van der Waals surface area contributed by atoms with Crippen molar-refractivity contribution in [2.75, 3.05) is 13.2 Å². The van der Waals surface area contributed by atoms with Crippen LogP contribution in [0.5, 0.6) is 0 Å². The Morgan fingerprint density at radius 3 is 1.03 bits per heavy atom. The Hall–Kier alpha value is -1.66. The molecular formula is C63H121NO5. The van der Waals surface area contributed by atoms with Crippen molar-refractivity contribution >= 4 is 11.9 Å². The second-order valence-electron chi connectivity index (χ2n) is 21.4. The molecule has 0 saturated heterocycles. The summed E-state index contributed by atoms with van der Waals surface area (Å²) in [5.41, 5.74) is 0. The zero-order valence-electron chi connectivity index (χ0n) is 46.6. The van der Waals surface area contributed by atoms with Crippen molar-refractivity contribution in [3.05, 3.63) is 24.3 Å². The van der Waals surface area contributed by atoms with Crippen molar-refractivity contribution in [2.45, 2.75) is 353 Å². The van der Waals surface area contributed by atoms with Crippen molar-refractivity contribution < 1.29 is 24.5 Å². The van der Waals surface area contributed by atoms with E-state index in [1.54, 1.807) is 6.08 Å². The summed E-state index contributed by atoms with van der Waals surface area (Å²) >= 11 is 0. The predicted molar refractivity (Wildman–Crippen MR) is 301 cm³/mol. The van der Waals surface area contributed by atoms with E-state index >= 15 is 0 Å². The number of amides is 1. The summed E-state index contributed by atoms with van der Waals surface area (Å²) < 4.78 is 5.49. The van der Waals surface area contributed by atoms with Crippen LogP contribution in [0.2, 0.25) is 0 Å². The van der Waals surface area contributed by atoms with Crippen LogP contribution in [-0.4, -0.2) is 47.4 Å². The zero-order valence-corrected chi connectivity index (χ0v) is 46.6. The number of nitrogens with one attached hydrogen (secondary N) is 1. The van der Waals surface area contributed by atoms with E-state index in [0.717, 1.165) is 38.5 Å². The maximum absolute atomic E-state index is 12.4. The third kappa shape index (κ3) is 55.5. The van der Waals surface area contributed by atoms with Gasteiger partial charge in [0, 0.05) is 12.8 Å². The van der Waals surface area contributed by atoms with Crippen LogP contribution in [0.25, 0.3) is 0 Å². The fourth-order valence-corrected chi connectivity index (χ4v) is 9.69. The molecule has 0 aliphatic heterocycles. The highest BCUT2D eigenvalue weighted by Gasteiger charge is 2.18. The van der Waals surface area contributed by atoms with Gasteiger partial charge in [-0.25, -0.2) is 0 Å². The number of unbranched alkanes of at least 4 members (excludes halogenated alkanes) is 45. The van der Waals surface area contributed by atoms with Gasteiger partial charge in [0.25, 0.3) is 0 Å². The third-order valence-electron chi connectivity index (χ3n) is 14.5. The smallest absolute Gasteiger partial charge is 0.305 e. The van der Waals surface area contributed by atoms with Crippen LogP contribution in [-0.2, 0) is 14.3 Å². The largest absolute Gasteiger partial charge is 0.466 e. The average molecular weight is 973 g/mol. The van der Waals surface area contributed by atoms with Gasteiger partial charge in [0.05, 0.1) is 25.4 Å². The molecule has 0 saturated carbocycles. The van der Waals surface area contributed by atoms with Gasteiger partial charge < -0.3 is 20.3 Å². The Balaban J connectivity index is 3.37. The van der Waals surface area contributed by atoms with E-state index in [4.69, 9.17) is 4.74 Å². The minimum absolute atomic E-state index is 0.0166. The van der Waals surface area contributed by atoms with Gasteiger partial charge >= 0.3 is 5.97 Å². The summed E-state index contributed by atoms with van der Waals surface area (Å²) in [5, 5.41) is 23.0. The molecule has 2 atom stereocenters. The van der Waals surface area contributed by atoms with Gasteiger partial charge in [-0.15, -0.1) is 0 Å². The van der Waals surface area contributed by atoms with Gasteiger partial charge in [0.2, 0.25) is 5.91 Å². The molecule has 0 fully saturated rings. The topological polar surface area (TPSA) is 95.9 Å². The number of hydrogen-bond donors (Lipinski definition) is 3. The van der Waals surface area contributed by atoms with E-state index in [-0.39, 0.29) is 18.5 Å². The lowest BCUT2D eigenvalue weighted by atomic mass is 10.0. The molecule has 6 heteroatoms. The molecule has 0 rings (SSSR count). The Morgan fingerprint density at radius 1 is 0.391 bits per heavy atom. The first kappa shape index (κ1) is 67.3. The van der Waals surface area contributed by atoms with Crippen LogP contribution in [0.1, 0.15) is 341 Å². The van der Waals surface area contributed by atoms with Gasteiger partial charge in [0.1, 0.15) is 0 Å². The molecule has 1 amide bonds.